The van der Waals surface area contributed by atoms with E-state index in [9.17, 15) is 9.59 Å². The summed E-state index contributed by atoms with van der Waals surface area (Å²) in [7, 11) is 0. The molecule has 0 fully saturated rings. The first kappa shape index (κ1) is 22.7. The van der Waals surface area contributed by atoms with E-state index >= 15 is 0 Å². The van der Waals surface area contributed by atoms with Crippen molar-refractivity contribution in [3.05, 3.63) is 65.7 Å². The number of carbonyl (C=O) groups is 2. The second kappa shape index (κ2) is 10.1. The van der Waals surface area contributed by atoms with Gasteiger partial charge in [-0.3, -0.25) is 9.59 Å². The summed E-state index contributed by atoms with van der Waals surface area (Å²) in [5.41, 5.74) is 7.91. The number of rotatable bonds is 7. The summed E-state index contributed by atoms with van der Waals surface area (Å²) in [6.45, 7) is 5.98. The molecule has 0 heterocycles. The quantitative estimate of drug-likeness (QED) is 0.677. The van der Waals surface area contributed by atoms with E-state index in [1.807, 2.05) is 51.1 Å². The molecule has 2 aromatic carbocycles. The van der Waals surface area contributed by atoms with Gasteiger partial charge in [-0.1, -0.05) is 37.3 Å². The lowest BCUT2D eigenvalue weighted by Gasteiger charge is -2.24. The molecule has 146 valence electrons. The van der Waals surface area contributed by atoms with Crippen LogP contribution in [-0.4, -0.2) is 23.4 Å². The Kier molecular flexibility index (Phi) is 8.47. The predicted molar refractivity (Wildman–Crippen MR) is 112 cm³/mol. The SMILES string of the molecule is CCC(C)(C)NC(=O)c1ccc(NC(=O)[C@@H](N)Cc2ccccc2)cc1.Cl. The number of anilines is 1. The van der Waals surface area contributed by atoms with Gasteiger partial charge in [-0.25, -0.2) is 0 Å². The molecule has 0 bridgehead atoms. The third kappa shape index (κ3) is 7.04. The maximum Gasteiger partial charge on any atom is 0.251 e. The van der Waals surface area contributed by atoms with Crippen LogP contribution in [0.25, 0.3) is 0 Å². The molecule has 0 unspecified atom stereocenters. The number of nitrogens with one attached hydrogen (secondary N) is 2. The van der Waals surface area contributed by atoms with Crippen molar-refractivity contribution in [3.63, 3.8) is 0 Å². The number of hydrogen-bond acceptors (Lipinski definition) is 3. The van der Waals surface area contributed by atoms with Gasteiger partial charge in [-0.15, -0.1) is 12.4 Å². The third-order valence-corrected chi connectivity index (χ3v) is 4.39. The molecule has 0 aliphatic carbocycles. The number of nitrogens with two attached hydrogens (primary N) is 1. The molecule has 5 nitrogen and oxygen atoms in total. The Labute approximate surface area is 167 Å². The van der Waals surface area contributed by atoms with Crippen LogP contribution < -0.4 is 16.4 Å². The lowest BCUT2D eigenvalue weighted by molar-refractivity contribution is -0.117. The van der Waals surface area contributed by atoms with Crippen molar-refractivity contribution in [2.45, 2.75) is 45.2 Å². The molecule has 1 atom stereocenters. The maximum absolute atomic E-state index is 12.2. The highest BCUT2D eigenvalue weighted by molar-refractivity contribution is 5.97. The average Bonchev–Trinajstić information content (AvgIpc) is 2.62. The topological polar surface area (TPSA) is 84.2 Å². The highest BCUT2D eigenvalue weighted by Gasteiger charge is 2.19. The van der Waals surface area contributed by atoms with Crippen LogP contribution in [0.1, 0.15) is 43.1 Å². The van der Waals surface area contributed by atoms with Gasteiger partial charge in [0.05, 0.1) is 6.04 Å². The molecule has 2 rings (SSSR count). The van der Waals surface area contributed by atoms with Gasteiger partial charge in [0.25, 0.3) is 5.91 Å². The fourth-order valence-electron chi connectivity index (χ4n) is 2.37. The molecule has 0 radical (unpaired) electrons. The Hall–Kier alpha value is -2.37. The average molecular weight is 390 g/mol. The number of hydrogen-bond donors (Lipinski definition) is 3. The lowest BCUT2D eigenvalue weighted by Crippen LogP contribution is -2.42. The van der Waals surface area contributed by atoms with Gasteiger partial charge in [0.2, 0.25) is 5.91 Å². The molecule has 0 aliphatic heterocycles. The monoisotopic (exact) mass is 389 g/mol. The van der Waals surface area contributed by atoms with Crippen LogP contribution in [0.5, 0.6) is 0 Å². The van der Waals surface area contributed by atoms with Crippen LogP contribution in [0.4, 0.5) is 5.69 Å². The molecule has 2 amide bonds. The van der Waals surface area contributed by atoms with Gasteiger partial charge < -0.3 is 16.4 Å². The van der Waals surface area contributed by atoms with Crippen LogP contribution in [-0.2, 0) is 11.2 Å². The van der Waals surface area contributed by atoms with Gasteiger partial charge >= 0.3 is 0 Å². The van der Waals surface area contributed by atoms with Crippen molar-refractivity contribution in [2.75, 3.05) is 5.32 Å². The number of amides is 2. The smallest absolute Gasteiger partial charge is 0.251 e. The maximum atomic E-state index is 12.2. The molecular formula is C21H28ClN3O2. The zero-order chi connectivity index (χ0) is 19.2. The Morgan fingerprint density at radius 3 is 2.19 bits per heavy atom. The minimum Gasteiger partial charge on any atom is -0.347 e. The van der Waals surface area contributed by atoms with Crippen molar-refractivity contribution < 1.29 is 9.59 Å². The summed E-state index contributed by atoms with van der Waals surface area (Å²) in [5.74, 6) is -0.381. The molecule has 6 heteroatoms. The number of benzene rings is 2. The van der Waals surface area contributed by atoms with Crippen molar-refractivity contribution in [1.29, 1.82) is 0 Å². The summed E-state index contributed by atoms with van der Waals surface area (Å²) >= 11 is 0. The normalized spacial score (nSPS) is 11.9. The van der Waals surface area contributed by atoms with E-state index in [-0.39, 0.29) is 29.8 Å². The zero-order valence-corrected chi connectivity index (χ0v) is 16.8. The fraction of sp³-hybridized carbons (Fsp3) is 0.333. The van der Waals surface area contributed by atoms with Crippen LogP contribution in [0, 0.1) is 0 Å². The van der Waals surface area contributed by atoms with Crippen LogP contribution in [0.2, 0.25) is 0 Å². The van der Waals surface area contributed by atoms with Gasteiger partial charge in [0.15, 0.2) is 0 Å². The summed E-state index contributed by atoms with van der Waals surface area (Å²) in [6.07, 6.45) is 1.31. The van der Waals surface area contributed by atoms with Gasteiger partial charge in [-0.2, -0.15) is 0 Å². The second-order valence-corrected chi connectivity index (χ2v) is 7.05. The Morgan fingerprint density at radius 1 is 1.04 bits per heavy atom. The number of halogens is 1. The lowest BCUT2D eigenvalue weighted by atomic mass is 10.0. The first-order valence-corrected chi connectivity index (χ1v) is 8.83. The highest BCUT2D eigenvalue weighted by atomic mass is 35.5. The summed E-state index contributed by atoms with van der Waals surface area (Å²) in [6, 6.07) is 15.8. The van der Waals surface area contributed by atoms with E-state index in [1.54, 1.807) is 24.3 Å². The Morgan fingerprint density at radius 2 is 1.63 bits per heavy atom. The molecule has 0 spiro atoms. The van der Waals surface area contributed by atoms with E-state index in [0.29, 0.717) is 17.7 Å². The molecule has 0 saturated carbocycles. The Bertz CT molecular complexity index is 746. The van der Waals surface area contributed by atoms with Crippen LogP contribution in [0.15, 0.2) is 54.6 Å². The largest absolute Gasteiger partial charge is 0.347 e. The van der Waals surface area contributed by atoms with Gasteiger partial charge in [0.1, 0.15) is 0 Å². The first-order chi connectivity index (χ1) is 12.3. The van der Waals surface area contributed by atoms with E-state index in [0.717, 1.165) is 12.0 Å². The van der Waals surface area contributed by atoms with Gasteiger partial charge in [-0.05, 0) is 56.5 Å². The molecule has 0 aliphatic rings. The molecule has 0 saturated heterocycles. The van der Waals surface area contributed by atoms with E-state index < -0.39 is 6.04 Å². The molecule has 0 aromatic heterocycles. The highest BCUT2D eigenvalue weighted by Crippen LogP contribution is 2.13. The third-order valence-electron chi connectivity index (χ3n) is 4.39. The minimum absolute atomic E-state index is 0. The van der Waals surface area contributed by atoms with E-state index in [2.05, 4.69) is 10.6 Å². The summed E-state index contributed by atoms with van der Waals surface area (Å²) < 4.78 is 0. The van der Waals surface area contributed by atoms with Crippen LogP contribution in [0.3, 0.4) is 0 Å². The second-order valence-electron chi connectivity index (χ2n) is 7.05. The molecule has 27 heavy (non-hydrogen) atoms. The van der Waals surface area contributed by atoms with E-state index in [1.165, 1.54) is 0 Å². The zero-order valence-electron chi connectivity index (χ0n) is 16.0. The van der Waals surface area contributed by atoms with Crippen LogP contribution >= 0.6 is 12.4 Å². The van der Waals surface area contributed by atoms with E-state index in [4.69, 9.17) is 5.73 Å². The summed E-state index contributed by atoms with van der Waals surface area (Å²) in [5, 5.41) is 5.77. The molecule has 2 aromatic rings. The molecule has 4 N–H and O–H groups in total. The van der Waals surface area contributed by atoms with Crippen molar-refractivity contribution in [3.8, 4) is 0 Å². The molecular weight excluding hydrogens is 362 g/mol. The Balaban J connectivity index is 0.00000364. The minimum atomic E-state index is -0.634. The van der Waals surface area contributed by atoms with Gasteiger partial charge in [0, 0.05) is 16.8 Å². The van der Waals surface area contributed by atoms with Crippen molar-refractivity contribution in [1.82, 2.24) is 5.32 Å². The number of carbonyl (C=O) groups excluding carboxylic acids is 2. The fourth-order valence-corrected chi connectivity index (χ4v) is 2.37. The first-order valence-electron chi connectivity index (χ1n) is 8.83. The predicted octanol–water partition coefficient (Wildman–Crippen LogP) is 3.54. The van der Waals surface area contributed by atoms with Crippen molar-refractivity contribution >= 4 is 29.9 Å². The van der Waals surface area contributed by atoms with Crippen molar-refractivity contribution in [2.24, 2.45) is 5.73 Å². The standard InChI is InChI=1S/C21H27N3O2.ClH/c1-4-21(2,3)24-19(25)16-10-12-17(13-11-16)23-20(26)18(22)14-15-8-6-5-7-9-15;/h5-13,18H,4,14,22H2,1-3H3,(H,23,26)(H,24,25);1H/t18-;/m0./s1. The summed E-state index contributed by atoms with van der Waals surface area (Å²) in [4.78, 5) is 24.5.